The van der Waals surface area contributed by atoms with Crippen LogP contribution in [0.5, 0.6) is 0 Å². The smallest absolute Gasteiger partial charge is 0.323 e. The summed E-state index contributed by atoms with van der Waals surface area (Å²) in [6.45, 7) is 1.34. The van der Waals surface area contributed by atoms with Crippen LogP contribution in [-0.2, 0) is 20.8 Å². The van der Waals surface area contributed by atoms with Gasteiger partial charge in [0.2, 0.25) is 11.8 Å². The van der Waals surface area contributed by atoms with E-state index in [0.717, 1.165) is 17.7 Å². The lowest BCUT2D eigenvalue weighted by Crippen LogP contribution is -2.42. The SMILES string of the molecule is CCc1ccccc1NC(=O)CNC(=O)CN(CC(=O)O)c1ccccc1. The van der Waals surface area contributed by atoms with Crippen molar-refractivity contribution in [3.05, 3.63) is 60.2 Å². The first kappa shape index (κ1) is 20.0. The number of carbonyl (C=O) groups excluding carboxylic acids is 2. The number of rotatable bonds is 9. The Morgan fingerprint density at radius 3 is 2.26 bits per heavy atom. The summed E-state index contributed by atoms with van der Waals surface area (Å²) >= 11 is 0. The quantitative estimate of drug-likeness (QED) is 0.627. The number of carboxylic acid groups (broad SMARTS) is 1. The van der Waals surface area contributed by atoms with Gasteiger partial charge in [0.15, 0.2) is 0 Å². The second-order valence-corrected chi connectivity index (χ2v) is 5.92. The van der Waals surface area contributed by atoms with Gasteiger partial charge in [-0.2, -0.15) is 0 Å². The topological polar surface area (TPSA) is 98.7 Å². The van der Waals surface area contributed by atoms with Gasteiger partial charge in [-0.25, -0.2) is 0 Å². The summed E-state index contributed by atoms with van der Waals surface area (Å²) in [6, 6.07) is 16.3. The maximum atomic E-state index is 12.2. The lowest BCUT2D eigenvalue weighted by molar-refractivity contribution is -0.135. The zero-order chi connectivity index (χ0) is 19.6. The third-order valence-corrected chi connectivity index (χ3v) is 3.90. The highest BCUT2D eigenvalue weighted by molar-refractivity contribution is 5.95. The summed E-state index contributed by atoms with van der Waals surface area (Å²) < 4.78 is 0. The minimum atomic E-state index is -1.04. The van der Waals surface area contributed by atoms with E-state index in [1.54, 1.807) is 30.3 Å². The molecule has 0 unspecified atom stereocenters. The van der Waals surface area contributed by atoms with E-state index in [-0.39, 0.29) is 25.5 Å². The molecule has 0 aliphatic rings. The minimum Gasteiger partial charge on any atom is -0.480 e. The highest BCUT2D eigenvalue weighted by Gasteiger charge is 2.15. The van der Waals surface area contributed by atoms with Crippen LogP contribution < -0.4 is 15.5 Å². The molecule has 2 rings (SSSR count). The van der Waals surface area contributed by atoms with Gasteiger partial charge < -0.3 is 20.6 Å². The van der Waals surface area contributed by atoms with Gasteiger partial charge in [-0.3, -0.25) is 14.4 Å². The van der Waals surface area contributed by atoms with E-state index in [9.17, 15) is 14.4 Å². The highest BCUT2D eigenvalue weighted by atomic mass is 16.4. The average molecular weight is 369 g/mol. The first-order chi connectivity index (χ1) is 13.0. The van der Waals surface area contributed by atoms with Crippen molar-refractivity contribution >= 4 is 29.2 Å². The number of anilines is 2. The maximum Gasteiger partial charge on any atom is 0.323 e. The molecule has 0 atom stereocenters. The van der Waals surface area contributed by atoms with Crippen LogP contribution in [0.1, 0.15) is 12.5 Å². The van der Waals surface area contributed by atoms with Crippen LogP contribution in [0.25, 0.3) is 0 Å². The number of benzene rings is 2. The summed E-state index contributed by atoms with van der Waals surface area (Å²) in [5.74, 6) is -1.81. The minimum absolute atomic E-state index is 0.158. The zero-order valence-electron chi connectivity index (χ0n) is 15.1. The van der Waals surface area contributed by atoms with Crippen LogP contribution in [0.4, 0.5) is 11.4 Å². The molecule has 3 N–H and O–H groups in total. The van der Waals surface area contributed by atoms with Crippen molar-refractivity contribution in [1.29, 1.82) is 0 Å². The number of carboxylic acids is 1. The number of hydrogen-bond acceptors (Lipinski definition) is 4. The molecule has 142 valence electrons. The van der Waals surface area contributed by atoms with E-state index in [1.165, 1.54) is 4.90 Å². The fraction of sp³-hybridized carbons (Fsp3) is 0.250. The van der Waals surface area contributed by atoms with Crippen LogP contribution in [-0.4, -0.2) is 42.5 Å². The Hall–Kier alpha value is -3.35. The van der Waals surface area contributed by atoms with Crippen molar-refractivity contribution in [3.8, 4) is 0 Å². The molecule has 0 fully saturated rings. The molecule has 2 amide bonds. The molecule has 0 aromatic heterocycles. The van der Waals surface area contributed by atoms with E-state index in [0.29, 0.717) is 5.69 Å². The average Bonchev–Trinajstić information content (AvgIpc) is 2.66. The molecular formula is C20H23N3O4. The Balaban J connectivity index is 1.90. The molecule has 0 saturated carbocycles. The molecule has 2 aromatic carbocycles. The number of hydrogen-bond donors (Lipinski definition) is 3. The second-order valence-electron chi connectivity index (χ2n) is 5.92. The van der Waals surface area contributed by atoms with Crippen molar-refractivity contribution < 1.29 is 19.5 Å². The summed E-state index contributed by atoms with van der Waals surface area (Å²) in [4.78, 5) is 36.7. The fourth-order valence-electron chi connectivity index (χ4n) is 2.59. The van der Waals surface area contributed by atoms with Gasteiger partial charge >= 0.3 is 5.97 Å². The van der Waals surface area contributed by atoms with Gasteiger partial charge in [0, 0.05) is 11.4 Å². The van der Waals surface area contributed by atoms with E-state index >= 15 is 0 Å². The molecule has 0 spiro atoms. The van der Waals surface area contributed by atoms with Crippen LogP contribution in [0.3, 0.4) is 0 Å². The first-order valence-corrected chi connectivity index (χ1v) is 8.65. The normalized spacial score (nSPS) is 10.1. The Morgan fingerprint density at radius 1 is 0.926 bits per heavy atom. The summed E-state index contributed by atoms with van der Waals surface area (Å²) in [7, 11) is 0. The number of nitrogens with zero attached hydrogens (tertiary/aromatic N) is 1. The fourth-order valence-corrected chi connectivity index (χ4v) is 2.59. The number of nitrogens with one attached hydrogen (secondary N) is 2. The Kier molecular flexibility index (Phi) is 7.37. The summed E-state index contributed by atoms with van der Waals surface area (Å²) in [5.41, 5.74) is 2.35. The number of amides is 2. The predicted molar refractivity (Wildman–Crippen MR) is 104 cm³/mol. The molecule has 0 heterocycles. The van der Waals surface area contributed by atoms with E-state index < -0.39 is 11.9 Å². The zero-order valence-corrected chi connectivity index (χ0v) is 15.1. The molecule has 7 nitrogen and oxygen atoms in total. The number of aliphatic carboxylic acids is 1. The van der Waals surface area contributed by atoms with Crippen LogP contribution in [0, 0.1) is 0 Å². The van der Waals surface area contributed by atoms with Crippen molar-refractivity contribution in [2.75, 3.05) is 29.9 Å². The van der Waals surface area contributed by atoms with E-state index in [4.69, 9.17) is 5.11 Å². The van der Waals surface area contributed by atoms with Gasteiger partial charge in [0.05, 0.1) is 13.1 Å². The number of para-hydroxylation sites is 2. The van der Waals surface area contributed by atoms with E-state index in [1.807, 2.05) is 31.2 Å². The standard InChI is InChI=1S/C20H23N3O4/c1-2-15-8-6-7-11-17(15)22-18(24)12-21-19(25)13-23(14-20(26)27)16-9-4-3-5-10-16/h3-11H,2,12-14H2,1H3,(H,21,25)(H,22,24)(H,26,27). The third kappa shape index (κ3) is 6.47. The molecular weight excluding hydrogens is 346 g/mol. The van der Waals surface area contributed by atoms with Crippen molar-refractivity contribution in [2.45, 2.75) is 13.3 Å². The van der Waals surface area contributed by atoms with Crippen molar-refractivity contribution in [2.24, 2.45) is 0 Å². The Morgan fingerprint density at radius 2 is 1.59 bits per heavy atom. The first-order valence-electron chi connectivity index (χ1n) is 8.65. The van der Waals surface area contributed by atoms with Crippen molar-refractivity contribution in [3.63, 3.8) is 0 Å². The lowest BCUT2D eigenvalue weighted by atomic mass is 10.1. The highest BCUT2D eigenvalue weighted by Crippen LogP contribution is 2.15. The molecule has 0 saturated heterocycles. The Labute approximate surface area is 158 Å². The third-order valence-electron chi connectivity index (χ3n) is 3.90. The predicted octanol–water partition coefficient (Wildman–Crippen LogP) is 1.89. The molecule has 2 aromatic rings. The molecule has 0 radical (unpaired) electrons. The van der Waals surface area contributed by atoms with Crippen LogP contribution >= 0.6 is 0 Å². The van der Waals surface area contributed by atoms with Gasteiger partial charge in [-0.15, -0.1) is 0 Å². The number of aryl methyl sites for hydroxylation is 1. The van der Waals surface area contributed by atoms with E-state index in [2.05, 4.69) is 10.6 Å². The lowest BCUT2D eigenvalue weighted by Gasteiger charge is -2.22. The molecule has 7 heteroatoms. The number of carbonyl (C=O) groups is 3. The van der Waals surface area contributed by atoms with Crippen molar-refractivity contribution in [1.82, 2.24) is 5.32 Å². The van der Waals surface area contributed by atoms with Gasteiger partial charge in [0.25, 0.3) is 0 Å². The monoisotopic (exact) mass is 369 g/mol. The molecule has 0 aliphatic carbocycles. The van der Waals surface area contributed by atoms with Gasteiger partial charge in [0.1, 0.15) is 6.54 Å². The van der Waals surface area contributed by atoms with Crippen LogP contribution in [0.15, 0.2) is 54.6 Å². The summed E-state index contributed by atoms with van der Waals surface area (Å²) in [6.07, 6.45) is 0.782. The molecule has 0 aliphatic heterocycles. The largest absolute Gasteiger partial charge is 0.480 e. The van der Waals surface area contributed by atoms with Crippen LogP contribution in [0.2, 0.25) is 0 Å². The van der Waals surface area contributed by atoms with Gasteiger partial charge in [-0.05, 0) is 30.2 Å². The van der Waals surface area contributed by atoms with Gasteiger partial charge in [-0.1, -0.05) is 43.3 Å². The summed E-state index contributed by atoms with van der Waals surface area (Å²) in [5, 5.41) is 14.4. The molecule has 0 bridgehead atoms. The Bertz CT molecular complexity index is 793. The second kappa shape index (κ2) is 9.96. The molecule has 27 heavy (non-hydrogen) atoms. The maximum absolute atomic E-state index is 12.2.